The van der Waals surface area contributed by atoms with Crippen molar-refractivity contribution in [3.63, 3.8) is 0 Å². The third kappa shape index (κ3) is 2.52. The van der Waals surface area contributed by atoms with Crippen molar-refractivity contribution in [2.45, 2.75) is 20.3 Å². The van der Waals surface area contributed by atoms with E-state index in [9.17, 15) is 5.11 Å². The molecular weight excluding hydrogens is 254 g/mol. The highest BCUT2D eigenvalue weighted by Gasteiger charge is 2.12. The molecule has 5 nitrogen and oxygen atoms in total. The van der Waals surface area contributed by atoms with Crippen LogP contribution in [0.2, 0.25) is 0 Å². The summed E-state index contributed by atoms with van der Waals surface area (Å²) >= 11 is 0. The zero-order valence-corrected chi connectivity index (χ0v) is 12.2. The van der Waals surface area contributed by atoms with Crippen molar-refractivity contribution in [2.24, 2.45) is 0 Å². The molecule has 0 amide bonds. The molecule has 20 heavy (non-hydrogen) atoms. The predicted octanol–water partition coefficient (Wildman–Crippen LogP) is 2.77. The summed E-state index contributed by atoms with van der Waals surface area (Å²) in [5.74, 6) is 1.92. The maximum Gasteiger partial charge on any atom is 0.161 e. The van der Waals surface area contributed by atoms with Crippen LogP contribution in [0.3, 0.4) is 0 Å². The van der Waals surface area contributed by atoms with E-state index in [2.05, 4.69) is 22.2 Å². The van der Waals surface area contributed by atoms with Gasteiger partial charge in [0.1, 0.15) is 5.82 Å². The van der Waals surface area contributed by atoms with Crippen LogP contribution in [-0.4, -0.2) is 29.2 Å². The maximum atomic E-state index is 9.85. The van der Waals surface area contributed by atoms with E-state index in [1.54, 1.807) is 12.1 Å². The molecular formula is C15H19N3O2. The van der Waals surface area contributed by atoms with Gasteiger partial charge in [0.15, 0.2) is 17.3 Å². The molecule has 0 radical (unpaired) electrons. The van der Waals surface area contributed by atoms with Crippen molar-refractivity contribution >= 4 is 5.82 Å². The van der Waals surface area contributed by atoms with Crippen molar-refractivity contribution in [1.82, 2.24) is 9.97 Å². The lowest BCUT2D eigenvalue weighted by Gasteiger charge is -2.12. The van der Waals surface area contributed by atoms with Crippen LogP contribution in [0.5, 0.6) is 11.5 Å². The van der Waals surface area contributed by atoms with Crippen molar-refractivity contribution in [3.05, 3.63) is 29.5 Å². The van der Waals surface area contributed by atoms with Gasteiger partial charge in [-0.3, -0.25) is 0 Å². The van der Waals surface area contributed by atoms with Gasteiger partial charge in [0.2, 0.25) is 0 Å². The Balaban J connectivity index is 2.53. The van der Waals surface area contributed by atoms with Crippen molar-refractivity contribution in [1.29, 1.82) is 0 Å². The van der Waals surface area contributed by atoms with Gasteiger partial charge in [0.25, 0.3) is 0 Å². The van der Waals surface area contributed by atoms with Crippen LogP contribution in [0.4, 0.5) is 5.82 Å². The first kappa shape index (κ1) is 14.1. The molecule has 0 saturated heterocycles. The number of nitrogens with one attached hydrogen (secondary N) is 1. The number of anilines is 1. The van der Waals surface area contributed by atoms with E-state index in [0.29, 0.717) is 11.6 Å². The Bertz CT molecular complexity index is 627. The van der Waals surface area contributed by atoms with Gasteiger partial charge in [-0.15, -0.1) is 0 Å². The Morgan fingerprint density at radius 2 is 2.05 bits per heavy atom. The van der Waals surface area contributed by atoms with Crippen LogP contribution in [0, 0.1) is 6.92 Å². The second-order valence-corrected chi connectivity index (χ2v) is 4.45. The maximum absolute atomic E-state index is 9.85. The van der Waals surface area contributed by atoms with Crippen LogP contribution in [0.15, 0.2) is 18.2 Å². The molecule has 1 aromatic heterocycles. The minimum atomic E-state index is 0.0804. The lowest BCUT2D eigenvalue weighted by molar-refractivity contribution is 0.373. The summed E-state index contributed by atoms with van der Waals surface area (Å²) in [7, 11) is 3.36. The highest BCUT2D eigenvalue weighted by atomic mass is 16.5. The van der Waals surface area contributed by atoms with Gasteiger partial charge in [-0.2, -0.15) is 0 Å². The number of rotatable bonds is 4. The lowest BCUT2D eigenvalue weighted by Crippen LogP contribution is -2.05. The van der Waals surface area contributed by atoms with Crippen LogP contribution in [-0.2, 0) is 6.42 Å². The quantitative estimate of drug-likeness (QED) is 0.896. The van der Waals surface area contributed by atoms with Crippen LogP contribution < -0.4 is 10.1 Å². The fourth-order valence-corrected chi connectivity index (χ4v) is 2.18. The van der Waals surface area contributed by atoms with E-state index in [-0.39, 0.29) is 5.75 Å². The van der Waals surface area contributed by atoms with E-state index in [1.165, 1.54) is 7.11 Å². The number of nitrogens with zero attached hydrogens (tertiary/aromatic N) is 2. The Morgan fingerprint density at radius 3 is 2.60 bits per heavy atom. The summed E-state index contributed by atoms with van der Waals surface area (Å²) in [4.78, 5) is 9.03. The number of phenols is 1. The standard InChI is InChI=1S/C15H19N3O2/c1-5-11-9(2)17-14(18-15(11)16-3)10-6-7-13(20-4)12(19)8-10/h6-8,19H,5H2,1-4H3,(H,16,17,18). The third-order valence-electron chi connectivity index (χ3n) is 3.24. The minimum absolute atomic E-state index is 0.0804. The first-order valence-electron chi connectivity index (χ1n) is 6.53. The smallest absolute Gasteiger partial charge is 0.161 e. The monoisotopic (exact) mass is 273 g/mol. The molecule has 1 aromatic carbocycles. The zero-order valence-electron chi connectivity index (χ0n) is 12.2. The molecule has 0 aliphatic rings. The number of aromatic hydroxyl groups is 1. The first-order chi connectivity index (χ1) is 9.60. The molecule has 5 heteroatoms. The molecule has 2 N–H and O–H groups in total. The molecule has 0 unspecified atom stereocenters. The predicted molar refractivity (Wildman–Crippen MR) is 79.3 cm³/mol. The van der Waals surface area contributed by atoms with Gasteiger partial charge >= 0.3 is 0 Å². The molecule has 0 aliphatic heterocycles. The number of benzene rings is 1. The summed E-state index contributed by atoms with van der Waals surface area (Å²) < 4.78 is 5.04. The lowest BCUT2D eigenvalue weighted by atomic mass is 10.1. The van der Waals surface area contributed by atoms with E-state index >= 15 is 0 Å². The molecule has 0 fully saturated rings. The normalized spacial score (nSPS) is 10.4. The fraction of sp³-hybridized carbons (Fsp3) is 0.333. The summed E-state index contributed by atoms with van der Waals surface area (Å²) in [6.45, 7) is 4.04. The van der Waals surface area contributed by atoms with Gasteiger partial charge in [0, 0.05) is 23.9 Å². The van der Waals surface area contributed by atoms with E-state index < -0.39 is 0 Å². The van der Waals surface area contributed by atoms with Crippen molar-refractivity contribution in [2.75, 3.05) is 19.5 Å². The van der Waals surface area contributed by atoms with E-state index in [4.69, 9.17) is 4.74 Å². The molecule has 106 valence electrons. The van der Waals surface area contributed by atoms with Gasteiger partial charge in [0.05, 0.1) is 7.11 Å². The second kappa shape index (κ2) is 5.77. The minimum Gasteiger partial charge on any atom is -0.504 e. The van der Waals surface area contributed by atoms with Gasteiger partial charge in [-0.05, 0) is 31.5 Å². The molecule has 1 heterocycles. The highest BCUT2D eigenvalue weighted by Crippen LogP contribution is 2.31. The average molecular weight is 273 g/mol. The van der Waals surface area contributed by atoms with Gasteiger partial charge < -0.3 is 15.2 Å². The van der Waals surface area contributed by atoms with Crippen LogP contribution in [0.1, 0.15) is 18.2 Å². The number of aryl methyl sites for hydroxylation is 1. The second-order valence-electron chi connectivity index (χ2n) is 4.45. The number of ether oxygens (including phenoxy) is 1. The molecule has 0 aliphatic carbocycles. The Morgan fingerprint density at radius 1 is 1.30 bits per heavy atom. The summed E-state index contributed by atoms with van der Waals surface area (Å²) in [6.07, 6.45) is 0.871. The zero-order chi connectivity index (χ0) is 14.7. The fourth-order valence-electron chi connectivity index (χ4n) is 2.18. The largest absolute Gasteiger partial charge is 0.504 e. The average Bonchev–Trinajstić information content (AvgIpc) is 2.46. The molecule has 0 bridgehead atoms. The molecule has 2 aromatic rings. The van der Waals surface area contributed by atoms with Gasteiger partial charge in [-0.1, -0.05) is 6.92 Å². The first-order valence-corrected chi connectivity index (χ1v) is 6.53. The Kier molecular flexibility index (Phi) is 4.08. The third-order valence-corrected chi connectivity index (χ3v) is 3.24. The molecule has 0 atom stereocenters. The summed E-state index contributed by atoms with van der Waals surface area (Å²) in [5.41, 5.74) is 2.80. The molecule has 0 saturated carbocycles. The SMILES string of the molecule is CCc1c(C)nc(-c2ccc(OC)c(O)c2)nc1NC. The van der Waals surface area contributed by atoms with Crippen molar-refractivity contribution < 1.29 is 9.84 Å². The van der Waals surface area contributed by atoms with Crippen LogP contribution in [0.25, 0.3) is 11.4 Å². The molecule has 0 spiro atoms. The number of hydrogen-bond acceptors (Lipinski definition) is 5. The summed E-state index contributed by atoms with van der Waals surface area (Å²) in [5, 5.41) is 12.9. The number of phenolic OH excluding ortho intramolecular Hbond substituents is 1. The topological polar surface area (TPSA) is 67.3 Å². The van der Waals surface area contributed by atoms with E-state index in [0.717, 1.165) is 29.1 Å². The van der Waals surface area contributed by atoms with Gasteiger partial charge in [-0.25, -0.2) is 9.97 Å². The number of aromatic nitrogens is 2. The Hall–Kier alpha value is -2.30. The van der Waals surface area contributed by atoms with E-state index in [1.807, 2.05) is 20.0 Å². The highest BCUT2D eigenvalue weighted by molar-refractivity contribution is 5.63. The Labute approximate surface area is 118 Å². The number of hydrogen-bond donors (Lipinski definition) is 2. The summed E-state index contributed by atoms with van der Waals surface area (Å²) in [6, 6.07) is 5.15. The van der Waals surface area contributed by atoms with Crippen molar-refractivity contribution in [3.8, 4) is 22.9 Å². The molecule has 2 rings (SSSR count). The van der Waals surface area contributed by atoms with Crippen LogP contribution >= 0.6 is 0 Å². The number of methoxy groups -OCH3 is 1.